The van der Waals surface area contributed by atoms with Crippen LogP contribution in [0.15, 0.2) is 52.9 Å². The van der Waals surface area contributed by atoms with Gasteiger partial charge in [-0.05, 0) is 37.3 Å². The van der Waals surface area contributed by atoms with Crippen LogP contribution in [0, 0.1) is 11.3 Å². The van der Waals surface area contributed by atoms with Crippen LogP contribution in [0.4, 0.5) is 5.69 Å². The lowest BCUT2D eigenvalue weighted by Gasteiger charge is -2.13. The minimum Gasteiger partial charge on any atom is -0.459 e. The highest BCUT2D eigenvalue weighted by Crippen LogP contribution is 2.27. The molecule has 0 saturated carbocycles. The summed E-state index contributed by atoms with van der Waals surface area (Å²) in [5.74, 6) is 0.852. The van der Waals surface area contributed by atoms with Crippen LogP contribution in [0.25, 0.3) is 11.0 Å². The van der Waals surface area contributed by atoms with Crippen molar-refractivity contribution in [2.24, 2.45) is 0 Å². The van der Waals surface area contributed by atoms with E-state index in [4.69, 9.17) is 21.3 Å². The van der Waals surface area contributed by atoms with Gasteiger partial charge in [-0.1, -0.05) is 29.8 Å². The third-order valence-corrected chi connectivity index (χ3v) is 3.67. The first kappa shape index (κ1) is 13.5. The topological polar surface area (TPSA) is 49.0 Å². The number of benzene rings is 2. The summed E-state index contributed by atoms with van der Waals surface area (Å²) in [6.07, 6.45) is 0. The largest absolute Gasteiger partial charge is 0.459 e. The number of para-hydroxylation sites is 1. The standard InChI is InChI=1S/C17H13ClN2O/c1-11(17-9-12-4-2-3-5-16(12)21-17)20-14-6-7-15(18)13(8-14)10-19/h2-9,11,20H,1H3. The Bertz CT molecular complexity index is 799. The number of fused-ring (bicyclic) bond motifs is 1. The summed E-state index contributed by atoms with van der Waals surface area (Å²) in [5, 5.41) is 13.9. The predicted molar refractivity (Wildman–Crippen MR) is 84.4 cm³/mol. The zero-order valence-electron chi connectivity index (χ0n) is 11.4. The zero-order chi connectivity index (χ0) is 14.8. The van der Waals surface area contributed by atoms with Crippen molar-refractivity contribution >= 4 is 28.3 Å². The van der Waals surface area contributed by atoms with Gasteiger partial charge in [0, 0.05) is 11.1 Å². The molecular weight excluding hydrogens is 284 g/mol. The summed E-state index contributed by atoms with van der Waals surface area (Å²) in [4.78, 5) is 0. The first-order chi connectivity index (χ1) is 10.2. The molecule has 0 aliphatic carbocycles. The number of halogens is 1. The SMILES string of the molecule is CC(Nc1ccc(Cl)c(C#N)c1)c1cc2ccccc2o1. The quantitative estimate of drug-likeness (QED) is 0.729. The van der Waals surface area contributed by atoms with E-state index >= 15 is 0 Å². The fourth-order valence-electron chi connectivity index (χ4n) is 2.24. The number of rotatable bonds is 3. The second-order valence-corrected chi connectivity index (χ2v) is 5.27. The number of nitrogens with zero attached hydrogens (tertiary/aromatic N) is 1. The van der Waals surface area contributed by atoms with Crippen LogP contribution in [0.3, 0.4) is 0 Å². The Morgan fingerprint density at radius 1 is 1.19 bits per heavy atom. The van der Waals surface area contributed by atoms with E-state index in [0.717, 1.165) is 22.4 Å². The highest BCUT2D eigenvalue weighted by Gasteiger charge is 2.12. The lowest BCUT2D eigenvalue weighted by Crippen LogP contribution is -2.05. The first-order valence-corrected chi connectivity index (χ1v) is 7.00. The summed E-state index contributed by atoms with van der Waals surface area (Å²) in [6, 6.07) is 17.3. The molecular formula is C17H13ClN2O. The van der Waals surface area contributed by atoms with Gasteiger partial charge in [0.1, 0.15) is 17.4 Å². The van der Waals surface area contributed by atoms with E-state index in [1.807, 2.05) is 43.3 Å². The fraction of sp³-hybridized carbons (Fsp3) is 0.118. The number of nitrogens with one attached hydrogen (secondary N) is 1. The molecule has 0 amide bonds. The van der Waals surface area contributed by atoms with Crippen molar-refractivity contribution in [3.8, 4) is 6.07 Å². The van der Waals surface area contributed by atoms with Crippen molar-refractivity contribution in [1.82, 2.24) is 0 Å². The Morgan fingerprint density at radius 3 is 2.76 bits per heavy atom. The second kappa shape index (κ2) is 5.51. The number of furan rings is 1. The number of hydrogen-bond acceptors (Lipinski definition) is 3. The Kier molecular flexibility index (Phi) is 3.55. The monoisotopic (exact) mass is 296 g/mol. The molecule has 0 fully saturated rings. The minimum absolute atomic E-state index is 0.00915. The van der Waals surface area contributed by atoms with E-state index in [0.29, 0.717) is 10.6 Å². The lowest BCUT2D eigenvalue weighted by molar-refractivity contribution is 0.526. The minimum atomic E-state index is -0.00915. The van der Waals surface area contributed by atoms with Gasteiger partial charge in [-0.3, -0.25) is 0 Å². The maximum Gasteiger partial charge on any atom is 0.134 e. The fourth-order valence-corrected chi connectivity index (χ4v) is 2.40. The number of anilines is 1. The molecule has 3 aromatic rings. The van der Waals surface area contributed by atoms with Crippen molar-refractivity contribution in [3.63, 3.8) is 0 Å². The van der Waals surface area contributed by atoms with Gasteiger partial charge in [0.25, 0.3) is 0 Å². The van der Waals surface area contributed by atoms with Gasteiger partial charge >= 0.3 is 0 Å². The Morgan fingerprint density at radius 2 is 2.00 bits per heavy atom. The molecule has 1 atom stereocenters. The summed E-state index contributed by atoms with van der Waals surface area (Å²) >= 11 is 5.93. The summed E-state index contributed by atoms with van der Waals surface area (Å²) in [7, 11) is 0. The van der Waals surface area contributed by atoms with Crippen molar-refractivity contribution < 1.29 is 4.42 Å². The Hall–Kier alpha value is -2.44. The average Bonchev–Trinajstić information content (AvgIpc) is 2.93. The maximum absolute atomic E-state index is 9.01. The van der Waals surface area contributed by atoms with Gasteiger partial charge in [0.2, 0.25) is 0 Å². The molecule has 2 aromatic carbocycles. The Labute approximate surface area is 127 Å². The smallest absolute Gasteiger partial charge is 0.134 e. The van der Waals surface area contributed by atoms with Crippen LogP contribution in [0.2, 0.25) is 5.02 Å². The molecule has 1 unspecified atom stereocenters. The molecule has 21 heavy (non-hydrogen) atoms. The van der Waals surface area contributed by atoms with Crippen molar-refractivity contribution in [2.75, 3.05) is 5.32 Å². The third kappa shape index (κ3) is 2.72. The van der Waals surface area contributed by atoms with E-state index in [1.54, 1.807) is 12.1 Å². The van der Waals surface area contributed by atoms with Crippen molar-refractivity contribution in [1.29, 1.82) is 5.26 Å². The molecule has 0 aliphatic rings. The van der Waals surface area contributed by atoms with Crippen LogP contribution in [-0.2, 0) is 0 Å². The lowest BCUT2D eigenvalue weighted by atomic mass is 10.1. The molecule has 3 rings (SSSR count). The Balaban J connectivity index is 1.86. The van der Waals surface area contributed by atoms with Crippen LogP contribution in [0.1, 0.15) is 24.3 Å². The van der Waals surface area contributed by atoms with E-state index in [1.165, 1.54) is 0 Å². The van der Waals surface area contributed by atoms with Gasteiger partial charge in [-0.25, -0.2) is 0 Å². The van der Waals surface area contributed by atoms with Gasteiger partial charge in [-0.15, -0.1) is 0 Å². The third-order valence-electron chi connectivity index (χ3n) is 3.34. The van der Waals surface area contributed by atoms with Crippen molar-refractivity contribution in [3.05, 3.63) is 64.9 Å². The molecule has 0 aliphatic heterocycles. The maximum atomic E-state index is 9.01. The molecule has 0 spiro atoms. The zero-order valence-corrected chi connectivity index (χ0v) is 12.2. The molecule has 1 aromatic heterocycles. The van der Waals surface area contributed by atoms with Gasteiger partial charge in [0.15, 0.2) is 0 Å². The van der Waals surface area contributed by atoms with Gasteiger partial charge in [-0.2, -0.15) is 5.26 Å². The van der Waals surface area contributed by atoms with E-state index in [9.17, 15) is 0 Å². The van der Waals surface area contributed by atoms with E-state index < -0.39 is 0 Å². The molecule has 0 radical (unpaired) electrons. The van der Waals surface area contributed by atoms with Gasteiger partial charge in [0.05, 0.1) is 16.6 Å². The molecule has 0 saturated heterocycles. The highest BCUT2D eigenvalue weighted by molar-refractivity contribution is 6.31. The molecule has 0 bridgehead atoms. The second-order valence-electron chi connectivity index (χ2n) is 4.86. The number of hydrogen-bond donors (Lipinski definition) is 1. The summed E-state index contributed by atoms with van der Waals surface area (Å²) in [6.45, 7) is 2.01. The first-order valence-electron chi connectivity index (χ1n) is 6.62. The van der Waals surface area contributed by atoms with E-state index in [2.05, 4.69) is 11.4 Å². The van der Waals surface area contributed by atoms with Gasteiger partial charge < -0.3 is 9.73 Å². The van der Waals surface area contributed by atoms with Crippen molar-refractivity contribution in [2.45, 2.75) is 13.0 Å². The highest BCUT2D eigenvalue weighted by atomic mass is 35.5. The van der Waals surface area contributed by atoms with Crippen LogP contribution in [-0.4, -0.2) is 0 Å². The molecule has 104 valence electrons. The van der Waals surface area contributed by atoms with Crippen LogP contribution in [0.5, 0.6) is 0 Å². The summed E-state index contributed by atoms with van der Waals surface area (Å²) < 4.78 is 5.83. The van der Waals surface area contributed by atoms with E-state index in [-0.39, 0.29) is 6.04 Å². The number of nitriles is 1. The molecule has 4 heteroatoms. The molecule has 1 N–H and O–H groups in total. The van der Waals surface area contributed by atoms with Crippen LogP contribution >= 0.6 is 11.6 Å². The normalized spacial score (nSPS) is 12.0. The predicted octanol–water partition coefficient (Wildman–Crippen LogP) is 5.13. The molecule has 1 heterocycles. The summed E-state index contributed by atoms with van der Waals surface area (Å²) in [5.41, 5.74) is 2.16. The van der Waals surface area contributed by atoms with Crippen LogP contribution < -0.4 is 5.32 Å². The average molecular weight is 297 g/mol. The molecule has 3 nitrogen and oxygen atoms in total.